The molecule has 0 bridgehead atoms. The van der Waals surface area contributed by atoms with Crippen LogP contribution in [0.2, 0.25) is 5.02 Å². The molecule has 2 nitrogen and oxygen atoms in total. The first-order valence-corrected chi connectivity index (χ1v) is 4.36. The van der Waals surface area contributed by atoms with Gasteiger partial charge in [-0.1, -0.05) is 23.4 Å². The number of rotatable bonds is 1. The summed E-state index contributed by atoms with van der Waals surface area (Å²) < 4.78 is 0. The van der Waals surface area contributed by atoms with Gasteiger partial charge in [0.05, 0.1) is 5.02 Å². The first-order chi connectivity index (χ1) is 6.24. The Morgan fingerprint density at radius 1 is 1.38 bits per heavy atom. The maximum Gasteiger partial charge on any atom is 0.0582 e. The molecule has 4 N–H and O–H groups in total. The second-order valence-electron chi connectivity index (χ2n) is 2.58. The Kier molecular flexibility index (Phi) is 3.63. The Bertz CT molecular complexity index is 350. The standard InChI is InChI=1S/C10H11ClN2/c11-10-7-9(13)5-4-8(10)3-1-2-6-12/h4-5,7H,2,6,12-13H2. The quantitative estimate of drug-likeness (QED) is 0.527. The maximum atomic E-state index is 5.89. The predicted molar refractivity (Wildman–Crippen MR) is 56.4 cm³/mol. The van der Waals surface area contributed by atoms with Gasteiger partial charge in [-0.05, 0) is 18.2 Å². The molecule has 0 aliphatic carbocycles. The van der Waals surface area contributed by atoms with Crippen LogP contribution in [0.3, 0.4) is 0 Å². The number of halogens is 1. The van der Waals surface area contributed by atoms with E-state index in [9.17, 15) is 0 Å². The molecule has 13 heavy (non-hydrogen) atoms. The van der Waals surface area contributed by atoms with Crippen molar-refractivity contribution in [3.05, 3.63) is 28.8 Å². The normalized spacial score (nSPS) is 9.08. The summed E-state index contributed by atoms with van der Waals surface area (Å²) in [5.41, 5.74) is 12.3. The number of hydrogen-bond donors (Lipinski definition) is 2. The number of nitrogens with two attached hydrogens (primary N) is 2. The molecule has 0 spiro atoms. The largest absolute Gasteiger partial charge is 0.399 e. The van der Waals surface area contributed by atoms with Crippen LogP contribution in [-0.2, 0) is 0 Å². The van der Waals surface area contributed by atoms with E-state index in [1.165, 1.54) is 0 Å². The molecule has 0 unspecified atom stereocenters. The average molecular weight is 195 g/mol. The molecule has 0 aromatic heterocycles. The number of benzene rings is 1. The molecule has 0 aliphatic rings. The fourth-order valence-corrected chi connectivity index (χ4v) is 1.10. The minimum absolute atomic E-state index is 0.569. The van der Waals surface area contributed by atoms with Crippen molar-refractivity contribution >= 4 is 17.3 Å². The lowest BCUT2D eigenvalue weighted by Gasteiger charge is -1.96. The number of hydrogen-bond acceptors (Lipinski definition) is 2. The minimum Gasteiger partial charge on any atom is -0.399 e. The van der Waals surface area contributed by atoms with E-state index in [-0.39, 0.29) is 0 Å². The number of anilines is 1. The first-order valence-electron chi connectivity index (χ1n) is 3.98. The van der Waals surface area contributed by atoms with Gasteiger partial charge in [0, 0.05) is 24.2 Å². The molecule has 0 fully saturated rings. The highest BCUT2D eigenvalue weighted by Gasteiger charge is 1.95. The Morgan fingerprint density at radius 3 is 2.77 bits per heavy atom. The van der Waals surface area contributed by atoms with Gasteiger partial charge in [0.15, 0.2) is 0 Å². The second kappa shape index (κ2) is 4.76. The van der Waals surface area contributed by atoms with Crippen LogP contribution in [0, 0.1) is 11.8 Å². The summed E-state index contributed by atoms with van der Waals surface area (Å²) in [7, 11) is 0. The molecule has 1 aromatic carbocycles. The third-order valence-electron chi connectivity index (χ3n) is 1.49. The lowest BCUT2D eigenvalue weighted by Crippen LogP contribution is -1.95. The van der Waals surface area contributed by atoms with E-state index < -0.39 is 0 Å². The van der Waals surface area contributed by atoms with Gasteiger partial charge >= 0.3 is 0 Å². The Hall–Kier alpha value is -1.17. The van der Waals surface area contributed by atoms with Crippen molar-refractivity contribution < 1.29 is 0 Å². The van der Waals surface area contributed by atoms with Crippen LogP contribution >= 0.6 is 11.6 Å². The molecule has 0 aliphatic heterocycles. The van der Waals surface area contributed by atoms with Crippen molar-refractivity contribution in [3.63, 3.8) is 0 Å². The number of nitrogen functional groups attached to an aromatic ring is 1. The second-order valence-corrected chi connectivity index (χ2v) is 2.99. The Labute approximate surface area is 82.9 Å². The molecule has 1 aromatic rings. The summed E-state index contributed by atoms with van der Waals surface area (Å²) in [4.78, 5) is 0. The van der Waals surface area contributed by atoms with Crippen LogP contribution in [-0.4, -0.2) is 6.54 Å². The molecular weight excluding hydrogens is 184 g/mol. The Morgan fingerprint density at radius 2 is 2.15 bits per heavy atom. The fraction of sp³-hybridized carbons (Fsp3) is 0.200. The molecule has 68 valence electrons. The van der Waals surface area contributed by atoms with Crippen molar-refractivity contribution in [3.8, 4) is 11.8 Å². The minimum atomic E-state index is 0.569. The molecule has 0 amide bonds. The zero-order valence-electron chi connectivity index (χ0n) is 7.18. The third-order valence-corrected chi connectivity index (χ3v) is 1.80. The first kappa shape index (κ1) is 9.91. The Balaban J connectivity index is 2.85. The van der Waals surface area contributed by atoms with Crippen LogP contribution in [0.4, 0.5) is 5.69 Å². The van der Waals surface area contributed by atoms with Crippen LogP contribution < -0.4 is 11.5 Å². The van der Waals surface area contributed by atoms with Crippen molar-refractivity contribution in [1.29, 1.82) is 0 Å². The van der Waals surface area contributed by atoms with E-state index >= 15 is 0 Å². The van der Waals surface area contributed by atoms with E-state index in [0.717, 1.165) is 5.56 Å². The van der Waals surface area contributed by atoms with Crippen molar-refractivity contribution in [2.45, 2.75) is 6.42 Å². The highest BCUT2D eigenvalue weighted by atomic mass is 35.5. The average Bonchev–Trinajstić information content (AvgIpc) is 2.09. The van der Waals surface area contributed by atoms with E-state index in [2.05, 4.69) is 11.8 Å². The molecule has 0 saturated carbocycles. The van der Waals surface area contributed by atoms with E-state index in [0.29, 0.717) is 23.7 Å². The zero-order valence-corrected chi connectivity index (χ0v) is 7.93. The van der Waals surface area contributed by atoms with Gasteiger partial charge in [0.25, 0.3) is 0 Å². The van der Waals surface area contributed by atoms with E-state index in [1.54, 1.807) is 18.2 Å². The van der Waals surface area contributed by atoms with Gasteiger partial charge < -0.3 is 11.5 Å². The predicted octanol–water partition coefficient (Wildman–Crippen LogP) is 1.62. The molecule has 0 atom stereocenters. The summed E-state index contributed by atoms with van der Waals surface area (Å²) in [6.45, 7) is 0.569. The van der Waals surface area contributed by atoms with Crippen molar-refractivity contribution in [1.82, 2.24) is 0 Å². The van der Waals surface area contributed by atoms with E-state index in [4.69, 9.17) is 23.1 Å². The molecule has 3 heteroatoms. The molecule has 0 heterocycles. The topological polar surface area (TPSA) is 52.0 Å². The summed E-state index contributed by atoms with van der Waals surface area (Å²) >= 11 is 5.89. The highest BCUT2D eigenvalue weighted by molar-refractivity contribution is 6.32. The van der Waals surface area contributed by atoms with Gasteiger partial charge in [-0.3, -0.25) is 0 Å². The van der Waals surface area contributed by atoms with Gasteiger partial charge in [0.2, 0.25) is 0 Å². The van der Waals surface area contributed by atoms with Gasteiger partial charge in [-0.15, -0.1) is 0 Å². The van der Waals surface area contributed by atoms with Gasteiger partial charge in [0.1, 0.15) is 0 Å². The smallest absolute Gasteiger partial charge is 0.0582 e. The monoisotopic (exact) mass is 194 g/mol. The van der Waals surface area contributed by atoms with Gasteiger partial charge in [-0.25, -0.2) is 0 Å². The summed E-state index contributed by atoms with van der Waals surface area (Å²) in [5.74, 6) is 5.83. The van der Waals surface area contributed by atoms with Crippen LogP contribution in [0.15, 0.2) is 18.2 Å². The molecule has 1 rings (SSSR count). The van der Waals surface area contributed by atoms with E-state index in [1.807, 2.05) is 0 Å². The lowest BCUT2D eigenvalue weighted by atomic mass is 10.2. The van der Waals surface area contributed by atoms with Crippen LogP contribution in [0.25, 0.3) is 0 Å². The fourth-order valence-electron chi connectivity index (χ4n) is 0.863. The summed E-state index contributed by atoms with van der Waals surface area (Å²) in [5, 5.41) is 0.588. The highest BCUT2D eigenvalue weighted by Crippen LogP contribution is 2.17. The molecule has 0 saturated heterocycles. The molecular formula is C10H11ClN2. The van der Waals surface area contributed by atoms with Crippen LogP contribution in [0.1, 0.15) is 12.0 Å². The SMILES string of the molecule is NCCC#Cc1ccc(N)cc1Cl. The summed E-state index contributed by atoms with van der Waals surface area (Å²) in [6, 6.07) is 5.27. The third kappa shape index (κ3) is 2.98. The van der Waals surface area contributed by atoms with Gasteiger partial charge in [-0.2, -0.15) is 0 Å². The zero-order chi connectivity index (χ0) is 9.68. The van der Waals surface area contributed by atoms with Crippen molar-refractivity contribution in [2.24, 2.45) is 5.73 Å². The van der Waals surface area contributed by atoms with Crippen molar-refractivity contribution in [2.75, 3.05) is 12.3 Å². The lowest BCUT2D eigenvalue weighted by molar-refractivity contribution is 1.03. The maximum absolute atomic E-state index is 5.89. The summed E-state index contributed by atoms with van der Waals surface area (Å²) in [6.07, 6.45) is 0.681. The molecule has 0 radical (unpaired) electrons. The van der Waals surface area contributed by atoms with Crippen LogP contribution in [0.5, 0.6) is 0 Å².